The number of fused-ring (bicyclic) bond motifs is 1. The van der Waals surface area contributed by atoms with E-state index in [9.17, 15) is 13.9 Å². The Morgan fingerprint density at radius 3 is 2.57 bits per heavy atom. The number of halogens is 2. The highest BCUT2D eigenvalue weighted by Crippen LogP contribution is 2.28. The van der Waals surface area contributed by atoms with E-state index < -0.39 is 6.43 Å². The maximum Gasteiger partial charge on any atom is 0.263 e. The Morgan fingerprint density at radius 2 is 1.86 bits per heavy atom. The Balaban J connectivity index is 2.70. The Morgan fingerprint density at radius 1 is 1.07 bits per heavy atom. The van der Waals surface area contributed by atoms with Crippen molar-refractivity contribution >= 4 is 10.8 Å². The molecule has 0 radical (unpaired) electrons. The van der Waals surface area contributed by atoms with E-state index in [1.165, 1.54) is 18.2 Å². The fourth-order valence-corrected chi connectivity index (χ4v) is 1.41. The number of benzene rings is 2. The summed E-state index contributed by atoms with van der Waals surface area (Å²) in [6.45, 7) is 0. The van der Waals surface area contributed by atoms with Crippen molar-refractivity contribution < 1.29 is 13.9 Å². The lowest BCUT2D eigenvalue weighted by Crippen LogP contribution is -1.83. The average Bonchev–Trinajstić information content (AvgIpc) is 2.18. The van der Waals surface area contributed by atoms with Gasteiger partial charge in [0.05, 0.1) is 0 Å². The predicted molar refractivity (Wildman–Crippen MR) is 50.6 cm³/mol. The molecule has 72 valence electrons. The van der Waals surface area contributed by atoms with Gasteiger partial charge in [-0.25, -0.2) is 8.78 Å². The highest BCUT2D eigenvalue weighted by Gasteiger charge is 2.08. The van der Waals surface area contributed by atoms with E-state index in [-0.39, 0.29) is 11.3 Å². The third-order valence-electron chi connectivity index (χ3n) is 2.14. The van der Waals surface area contributed by atoms with Crippen molar-refractivity contribution in [3.63, 3.8) is 0 Å². The van der Waals surface area contributed by atoms with Crippen LogP contribution < -0.4 is 0 Å². The zero-order valence-electron chi connectivity index (χ0n) is 7.24. The first-order valence-electron chi connectivity index (χ1n) is 4.18. The van der Waals surface area contributed by atoms with E-state index in [2.05, 4.69) is 0 Å². The molecule has 0 aliphatic heterocycles. The van der Waals surface area contributed by atoms with Crippen LogP contribution in [0, 0.1) is 0 Å². The molecule has 2 aromatic carbocycles. The summed E-state index contributed by atoms with van der Waals surface area (Å²) in [6.07, 6.45) is -2.50. The van der Waals surface area contributed by atoms with Crippen molar-refractivity contribution in [2.75, 3.05) is 0 Å². The molecule has 14 heavy (non-hydrogen) atoms. The van der Waals surface area contributed by atoms with Crippen molar-refractivity contribution in [3.05, 3.63) is 42.0 Å². The van der Waals surface area contributed by atoms with E-state index in [0.29, 0.717) is 5.39 Å². The molecule has 3 heteroatoms. The maximum absolute atomic E-state index is 12.3. The van der Waals surface area contributed by atoms with Crippen molar-refractivity contribution in [1.82, 2.24) is 0 Å². The summed E-state index contributed by atoms with van der Waals surface area (Å²) in [4.78, 5) is 0. The van der Waals surface area contributed by atoms with Gasteiger partial charge in [0, 0.05) is 10.9 Å². The van der Waals surface area contributed by atoms with Gasteiger partial charge in [-0.2, -0.15) is 0 Å². The molecule has 2 rings (SSSR count). The number of phenolic OH excluding ortho intramolecular Hbond substituents is 1. The van der Waals surface area contributed by atoms with Crippen LogP contribution in [0.25, 0.3) is 10.8 Å². The molecule has 1 nitrogen and oxygen atoms in total. The van der Waals surface area contributed by atoms with Crippen LogP contribution >= 0.6 is 0 Å². The second kappa shape index (κ2) is 3.25. The zero-order chi connectivity index (χ0) is 10.1. The number of hydrogen-bond acceptors (Lipinski definition) is 1. The lowest BCUT2D eigenvalue weighted by Gasteiger charge is -2.03. The number of alkyl halides is 2. The van der Waals surface area contributed by atoms with Crippen LogP contribution in [-0.2, 0) is 0 Å². The van der Waals surface area contributed by atoms with Gasteiger partial charge in [-0.3, -0.25) is 0 Å². The number of phenols is 1. The first-order chi connectivity index (χ1) is 6.68. The van der Waals surface area contributed by atoms with Gasteiger partial charge in [-0.15, -0.1) is 0 Å². The van der Waals surface area contributed by atoms with E-state index in [4.69, 9.17) is 0 Å². The van der Waals surface area contributed by atoms with Gasteiger partial charge in [-0.05, 0) is 17.5 Å². The normalized spacial score (nSPS) is 11.1. The number of aromatic hydroxyl groups is 1. The molecule has 2 aromatic rings. The van der Waals surface area contributed by atoms with Gasteiger partial charge in [0.25, 0.3) is 6.43 Å². The Labute approximate surface area is 79.6 Å². The molecule has 0 atom stereocenters. The molecule has 0 heterocycles. The van der Waals surface area contributed by atoms with Gasteiger partial charge in [0.1, 0.15) is 5.75 Å². The molecule has 0 aliphatic carbocycles. The van der Waals surface area contributed by atoms with Crippen molar-refractivity contribution in [1.29, 1.82) is 0 Å². The molecule has 0 bridgehead atoms. The summed E-state index contributed by atoms with van der Waals surface area (Å²) in [5, 5.41) is 10.7. The smallest absolute Gasteiger partial charge is 0.263 e. The molecule has 0 aliphatic rings. The highest BCUT2D eigenvalue weighted by atomic mass is 19.3. The monoisotopic (exact) mass is 194 g/mol. The quantitative estimate of drug-likeness (QED) is 0.736. The van der Waals surface area contributed by atoms with Gasteiger partial charge < -0.3 is 5.11 Å². The minimum absolute atomic E-state index is 0.0324. The molecule has 0 aromatic heterocycles. The Bertz CT molecular complexity index is 466. The first-order valence-corrected chi connectivity index (χ1v) is 4.18. The summed E-state index contributed by atoms with van der Waals surface area (Å²) in [5.41, 5.74) is -0.0704. The van der Waals surface area contributed by atoms with E-state index in [1.807, 2.05) is 0 Å². The first kappa shape index (κ1) is 8.94. The largest absolute Gasteiger partial charge is 0.507 e. The summed E-state index contributed by atoms with van der Waals surface area (Å²) in [5.74, 6) is 0.0324. The lowest BCUT2D eigenvalue weighted by atomic mass is 10.1. The third-order valence-corrected chi connectivity index (χ3v) is 2.14. The molecule has 0 saturated heterocycles. The molecule has 0 unspecified atom stereocenters. The van der Waals surface area contributed by atoms with Gasteiger partial charge in [0.15, 0.2) is 0 Å². The van der Waals surface area contributed by atoms with E-state index in [1.54, 1.807) is 18.2 Å². The van der Waals surface area contributed by atoms with Gasteiger partial charge >= 0.3 is 0 Å². The second-order valence-electron chi connectivity index (χ2n) is 3.06. The van der Waals surface area contributed by atoms with E-state index in [0.717, 1.165) is 5.39 Å². The van der Waals surface area contributed by atoms with Crippen LogP contribution in [0.5, 0.6) is 5.75 Å². The van der Waals surface area contributed by atoms with Crippen LogP contribution in [0.2, 0.25) is 0 Å². The standard InChI is InChI=1S/C11H8F2O/c12-11(13)8-5-4-7-2-1-3-10(14)9(7)6-8/h1-6,11,14H. The van der Waals surface area contributed by atoms with Crippen LogP contribution in [0.4, 0.5) is 8.78 Å². The Hall–Kier alpha value is -1.64. The highest BCUT2D eigenvalue weighted by molar-refractivity contribution is 5.88. The molecule has 0 fully saturated rings. The molecular formula is C11H8F2O. The zero-order valence-corrected chi connectivity index (χ0v) is 7.24. The number of rotatable bonds is 1. The maximum atomic E-state index is 12.3. The van der Waals surface area contributed by atoms with Gasteiger partial charge in [0.2, 0.25) is 0 Å². The predicted octanol–water partition coefficient (Wildman–Crippen LogP) is 3.48. The van der Waals surface area contributed by atoms with Crippen molar-refractivity contribution in [2.24, 2.45) is 0 Å². The van der Waals surface area contributed by atoms with Crippen LogP contribution in [0.1, 0.15) is 12.0 Å². The van der Waals surface area contributed by atoms with Crippen molar-refractivity contribution in [3.8, 4) is 5.75 Å². The minimum atomic E-state index is -2.50. The SMILES string of the molecule is Oc1cccc2ccc(C(F)F)cc12. The van der Waals surface area contributed by atoms with Crippen molar-refractivity contribution in [2.45, 2.75) is 6.43 Å². The third kappa shape index (κ3) is 1.41. The topological polar surface area (TPSA) is 20.2 Å². The van der Waals surface area contributed by atoms with Crippen LogP contribution in [0.3, 0.4) is 0 Å². The average molecular weight is 194 g/mol. The van der Waals surface area contributed by atoms with Gasteiger partial charge in [-0.1, -0.05) is 24.3 Å². The summed E-state index contributed by atoms with van der Waals surface area (Å²) in [6, 6.07) is 9.19. The summed E-state index contributed by atoms with van der Waals surface area (Å²) >= 11 is 0. The second-order valence-corrected chi connectivity index (χ2v) is 3.06. The minimum Gasteiger partial charge on any atom is -0.507 e. The number of hydrogen-bond donors (Lipinski definition) is 1. The molecule has 0 amide bonds. The Kier molecular flexibility index (Phi) is 2.08. The van der Waals surface area contributed by atoms with Crippen LogP contribution in [-0.4, -0.2) is 5.11 Å². The van der Waals surface area contributed by atoms with Crippen LogP contribution in [0.15, 0.2) is 36.4 Å². The molecular weight excluding hydrogens is 186 g/mol. The molecule has 1 N–H and O–H groups in total. The fraction of sp³-hybridized carbons (Fsp3) is 0.0909. The molecule has 0 saturated carbocycles. The summed E-state index contributed by atoms with van der Waals surface area (Å²) in [7, 11) is 0. The van der Waals surface area contributed by atoms with E-state index >= 15 is 0 Å². The molecule has 0 spiro atoms. The lowest BCUT2D eigenvalue weighted by molar-refractivity contribution is 0.151. The fourth-order valence-electron chi connectivity index (χ4n) is 1.41. The summed E-state index contributed by atoms with van der Waals surface area (Å²) < 4.78 is 24.7.